The maximum Gasteiger partial charge on any atom is -0.000179 e. The molecule has 0 aromatic carbocycles. The first-order valence-electron chi connectivity index (χ1n) is 6.41. The molecule has 15 heavy (non-hydrogen) atoms. The van der Waals surface area contributed by atoms with E-state index in [1.54, 1.807) is 11.1 Å². The van der Waals surface area contributed by atoms with Gasteiger partial charge >= 0.3 is 0 Å². The summed E-state index contributed by atoms with van der Waals surface area (Å²) in [6.07, 6.45) is 8.87. The van der Waals surface area contributed by atoms with Crippen molar-refractivity contribution in [2.75, 3.05) is 11.5 Å². The highest BCUT2D eigenvalue weighted by atomic mass is 32.2. The highest BCUT2D eigenvalue weighted by Crippen LogP contribution is 2.66. The van der Waals surface area contributed by atoms with Gasteiger partial charge in [-0.25, -0.2) is 0 Å². The molecular formula is C14H22S. The second-order valence-electron chi connectivity index (χ2n) is 6.17. The predicted molar refractivity (Wildman–Crippen MR) is 68.3 cm³/mol. The summed E-state index contributed by atoms with van der Waals surface area (Å²) in [4.78, 5) is 0. The van der Waals surface area contributed by atoms with Crippen molar-refractivity contribution in [2.24, 2.45) is 10.8 Å². The van der Waals surface area contributed by atoms with E-state index in [0.29, 0.717) is 0 Å². The van der Waals surface area contributed by atoms with Crippen LogP contribution in [0.25, 0.3) is 0 Å². The van der Waals surface area contributed by atoms with Crippen LogP contribution in [0.15, 0.2) is 11.1 Å². The Bertz CT molecular complexity index is 287. The van der Waals surface area contributed by atoms with Crippen LogP contribution in [0.4, 0.5) is 0 Å². The van der Waals surface area contributed by atoms with E-state index in [0.717, 1.165) is 10.8 Å². The molecule has 3 aliphatic rings. The second-order valence-corrected chi connectivity index (χ2v) is 7.16. The van der Waals surface area contributed by atoms with E-state index >= 15 is 0 Å². The molecular weight excluding hydrogens is 200 g/mol. The third kappa shape index (κ3) is 1.28. The molecule has 3 rings (SSSR count). The van der Waals surface area contributed by atoms with Crippen molar-refractivity contribution in [3.05, 3.63) is 11.1 Å². The Kier molecular flexibility index (Phi) is 2.25. The van der Waals surface area contributed by atoms with Gasteiger partial charge < -0.3 is 0 Å². The van der Waals surface area contributed by atoms with E-state index in [2.05, 4.69) is 25.6 Å². The molecule has 1 heterocycles. The number of hydrogen-bond acceptors (Lipinski definition) is 1. The standard InChI is InChI=1S/C14H22S/c1-11-7-13-5-3-4-6-14(13,8-12(11)2)10-15-9-13/h3-10H2,1-2H3/t13-,14-/m1/s1. The normalized spacial score (nSPS) is 45.2. The van der Waals surface area contributed by atoms with Crippen molar-refractivity contribution in [1.29, 1.82) is 0 Å². The smallest absolute Gasteiger partial charge is 0.000179 e. The predicted octanol–water partition coefficient (Wildman–Crippen LogP) is 4.41. The number of hydrogen-bond donors (Lipinski definition) is 0. The van der Waals surface area contributed by atoms with Gasteiger partial charge in [-0.2, -0.15) is 11.8 Å². The Balaban J connectivity index is 2.04. The van der Waals surface area contributed by atoms with Crippen molar-refractivity contribution in [2.45, 2.75) is 52.4 Å². The molecule has 1 saturated heterocycles. The average Bonchev–Trinajstić information content (AvgIpc) is 2.56. The zero-order chi connectivity index (χ0) is 10.5. The molecule has 0 amide bonds. The summed E-state index contributed by atoms with van der Waals surface area (Å²) in [6.45, 7) is 4.76. The topological polar surface area (TPSA) is 0 Å². The summed E-state index contributed by atoms with van der Waals surface area (Å²) in [5.41, 5.74) is 4.88. The van der Waals surface area contributed by atoms with Crippen LogP contribution in [0.2, 0.25) is 0 Å². The minimum absolute atomic E-state index is 0.722. The van der Waals surface area contributed by atoms with Crippen molar-refractivity contribution in [1.82, 2.24) is 0 Å². The molecule has 0 radical (unpaired) electrons. The SMILES string of the molecule is CC1=C(C)C[C@@]23CCCC[C@]2(CSC3)C1. The fourth-order valence-electron chi connectivity index (χ4n) is 4.32. The molecule has 2 fully saturated rings. The van der Waals surface area contributed by atoms with Crippen LogP contribution >= 0.6 is 11.8 Å². The Morgan fingerprint density at radius 2 is 1.33 bits per heavy atom. The lowest BCUT2D eigenvalue weighted by molar-refractivity contribution is 0.0266. The molecule has 1 saturated carbocycles. The summed E-state index contributed by atoms with van der Waals surface area (Å²) in [5, 5.41) is 0. The van der Waals surface area contributed by atoms with E-state index in [1.165, 1.54) is 50.0 Å². The molecule has 0 nitrogen and oxygen atoms in total. The Morgan fingerprint density at radius 1 is 0.867 bits per heavy atom. The van der Waals surface area contributed by atoms with Crippen molar-refractivity contribution < 1.29 is 0 Å². The van der Waals surface area contributed by atoms with Crippen LogP contribution in [-0.4, -0.2) is 11.5 Å². The van der Waals surface area contributed by atoms with Crippen LogP contribution in [0.1, 0.15) is 52.4 Å². The average molecular weight is 222 g/mol. The summed E-state index contributed by atoms with van der Waals surface area (Å²) >= 11 is 2.24. The molecule has 0 bridgehead atoms. The quantitative estimate of drug-likeness (QED) is 0.547. The van der Waals surface area contributed by atoms with Gasteiger partial charge in [0.1, 0.15) is 0 Å². The van der Waals surface area contributed by atoms with Crippen molar-refractivity contribution in [3.8, 4) is 0 Å². The molecule has 84 valence electrons. The van der Waals surface area contributed by atoms with E-state index in [1.807, 2.05) is 0 Å². The number of thioether (sulfide) groups is 1. The second kappa shape index (κ2) is 3.29. The van der Waals surface area contributed by atoms with Gasteiger partial charge in [-0.3, -0.25) is 0 Å². The molecule has 0 spiro atoms. The summed E-state index contributed by atoms with van der Waals surface area (Å²) in [7, 11) is 0. The molecule has 1 aliphatic heterocycles. The Hall–Kier alpha value is 0.0900. The first-order valence-corrected chi connectivity index (χ1v) is 7.56. The van der Waals surface area contributed by atoms with E-state index < -0.39 is 0 Å². The fourth-order valence-corrected chi connectivity index (χ4v) is 6.31. The molecule has 0 N–H and O–H groups in total. The van der Waals surface area contributed by atoms with Crippen LogP contribution in [0.5, 0.6) is 0 Å². The van der Waals surface area contributed by atoms with Gasteiger partial charge in [0.15, 0.2) is 0 Å². The fraction of sp³-hybridized carbons (Fsp3) is 0.857. The summed E-state index contributed by atoms with van der Waals surface area (Å²) < 4.78 is 0. The van der Waals surface area contributed by atoms with Crippen molar-refractivity contribution >= 4 is 11.8 Å². The molecule has 1 heteroatoms. The first-order chi connectivity index (χ1) is 7.18. The lowest BCUT2D eigenvalue weighted by atomic mass is 9.51. The summed E-state index contributed by atoms with van der Waals surface area (Å²) in [5.74, 6) is 2.91. The van der Waals surface area contributed by atoms with Gasteiger partial charge in [0.25, 0.3) is 0 Å². The lowest BCUT2D eigenvalue weighted by Crippen LogP contribution is -2.46. The minimum atomic E-state index is 0.722. The maximum atomic E-state index is 2.38. The van der Waals surface area contributed by atoms with Crippen LogP contribution in [-0.2, 0) is 0 Å². The molecule has 0 unspecified atom stereocenters. The van der Waals surface area contributed by atoms with Gasteiger partial charge in [0.2, 0.25) is 0 Å². The maximum absolute atomic E-state index is 2.38. The first kappa shape index (κ1) is 10.3. The number of rotatable bonds is 0. The Labute approximate surface area is 97.9 Å². The third-order valence-corrected chi connectivity index (χ3v) is 6.89. The molecule has 2 aliphatic carbocycles. The molecule has 0 aromatic heterocycles. The van der Waals surface area contributed by atoms with Gasteiger partial charge in [-0.15, -0.1) is 0 Å². The van der Waals surface area contributed by atoms with E-state index in [4.69, 9.17) is 0 Å². The number of allylic oxidation sites excluding steroid dienone is 2. The zero-order valence-corrected chi connectivity index (χ0v) is 10.9. The van der Waals surface area contributed by atoms with Crippen molar-refractivity contribution in [3.63, 3.8) is 0 Å². The van der Waals surface area contributed by atoms with Gasteiger partial charge in [-0.05, 0) is 61.9 Å². The lowest BCUT2D eigenvalue weighted by Gasteiger charge is -2.53. The van der Waals surface area contributed by atoms with Gasteiger partial charge in [0, 0.05) is 0 Å². The molecule has 2 atom stereocenters. The van der Waals surface area contributed by atoms with Crippen LogP contribution < -0.4 is 0 Å². The van der Waals surface area contributed by atoms with E-state index in [9.17, 15) is 0 Å². The van der Waals surface area contributed by atoms with Gasteiger partial charge in [0.05, 0.1) is 0 Å². The summed E-state index contributed by atoms with van der Waals surface area (Å²) in [6, 6.07) is 0. The third-order valence-electron chi connectivity index (χ3n) is 5.38. The van der Waals surface area contributed by atoms with Crippen LogP contribution in [0.3, 0.4) is 0 Å². The zero-order valence-electron chi connectivity index (χ0n) is 10.1. The largest absolute Gasteiger partial charge is 0.161 e. The highest BCUT2D eigenvalue weighted by Gasteiger charge is 2.57. The monoisotopic (exact) mass is 222 g/mol. The Morgan fingerprint density at radius 3 is 1.80 bits per heavy atom. The minimum Gasteiger partial charge on any atom is -0.161 e. The van der Waals surface area contributed by atoms with E-state index in [-0.39, 0.29) is 0 Å². The van der Waals surface area contributed by atoms with Crippen LogP contribution in [0, 0.1) is 10.8 Å². The van der Waals surface area contributed by atoms with Gasteiger partial charge in [-0.1, -0.05) is 24.0 Å². The molecule has 0 aromatic rings. The highest BCUT2D eigenvalue weighted by molar-refractivity contribution is 7.99.